The van der Waals surface area contributed by atoms with Crippen molar-refractivity contribution in [3.8, 4) is 0 Å². The number of amides is 2. The molecule has 2 aliphatic carbocycles. The summed E-state index contributed by atoms with van der Waals surface area (Å²) < 4.78 is 0. The van der Waals surface area contributed by atoms with E-state index < -0.39 is 0 Å². The number of anilines is 1. The molecule has 6 heteroatoms. The van der Waals surface area contributed by atoms with E-state index in [1.54, 1.807) is 4.90 Å². The van der Waals surface area contributed by atoms with Gasteiger partial charge in [-0.2, -0.15) is 0 Å². The van der Waals surface area contributed by atoms with Gasteiger partial charge in [-0.3, -0.25) is 9.59 Å². The molecule has 3 N–H and O–H groups in total. The lowest BCUT2D eigenvalue weighted by molar-refractivity contribution is -0.128. The van der Waals surface area contributed by atoms with Crippen molar-refractivity contribution in [3.63, 3.8) is 0 Å². The molecule has 0 spiro atoms. The Bertz CT molecular complexity index is 739. The molecule has 154 valence electrons. The number of nitrogens with two attached hydrogens (primary N) is 1. The predicted molar refractivity (Wildman–Crippen MR) is 114 cm³/mol. The summed E-state index contributed by atoms with van der Waals surface area (Å²) in [4.78, 5) is 27.4. The maximum atomic E-state index is 13.0. The molecule has 3 atom stereocenters. The smallest absolute Gasteiger partial charge is 0.227 e. The average Bonchev–Trinajstić information content (AvgIpc) is 3.00. The Morgan fingerprint density at radius 3 is 2.54 bits per heavy atom. The third-order valence-electron chi connectivity index (χ3n) is 7.05. The molecule has 3 unspecified atom stereocenters. The number of hydrogen-bond donors (Lipinski definition) is 2. The van der Waals surface area contributed by atoms with Gasteiger partial charge in [-0.15, -0.1) is 12.4 Å². The molecule has 3 aliphatic rings. The highest BCUT2D eigenvalue weighted by Gasteiger charge is 2.42. The standard InChI is InChI=1S/C22H31N3O2.ClH/c1-13-5-3-8-19(14(13)2)25-12-17(11-20(25)26)22(27)24-21-15-6-4-7-16(21)10-18(23)9-15;/h3,5,8,15-18,21H,4,6-7,9-12,23H2,1-2H3,(H,24,27);1H. The number of rotatable bonds is 3. The number of nitrogens with zero attached hydrogens (tertiary/aromatic N) is 1. The van der Waals surface area contributed by atoms with E-state index in [0.29, 0.717) is 24.8 Å². The van der Waals surface area contributed by atoms with Crippen LogP contribution in [0.15, 0.2) is 18.2 Å². The molecule has 1 aromatic rings. The Kier molecular flexibility index (Phi) is 6.35. The van der Waals surface area contributed by atoms with Gasteiger partial charge in [-0.25, -0.2) is 0 Å². The highest BCUT2D eigenvalue weighted by atomic mass is 35.5. The topological polar surface area (TPSA) is 75.4 Å². The fourth-order valence-corrected chi connectivity index (χ4v) is 5.45. The molecule has 1 aliphatic heterocycles. The van der Waals surface area contributed by atoms with E-state index in [-0.39, 0.29) is 42.2 Å². The van der Waals surface area contributed by atoms with Crippen molar-refractivity contribution in [2.24, 2.45) is 23.5 Å². The summed E-state index contributed by atoms with van der Waals surface area (Å²) in [5.74, 6) is 0.851. The van der Waals surface area contributed by atoms with Crippen molar-refractivity contribution < 1.29 is 9.59 Å². The lowest BCUT2D eigenvalue weighted by Crippen LogP contribution is -2.54. The second-order valence-corrected chi connectivity index (χ2v) is 8.84. The van der Waals surface area contributed by atoms with E-state index in [0.717, 1.165) is 36.9 Å². The van der Waals surface area contributed by atoms with Gasteiger partial charge in [0.25, 0.3) is 0 Å². The zero-order valence-corrected chi connectivity index (χ0v) is 17.6. The number of carbonyl (C=O) groups excluding carboxylic acids is 2. The first-order chi connectivity index (χ1) is 12.9. The Labute approximate surface area is 173 Å². The van der Waals surface area contributed by atoms with Crippen LogP contribution in [0, 0.1) is 31.6 Å². The van der Waals surface area contributed by atoms with E-state index in [9.17, 15) is 9.59 Å². The predicted octanol–water partition coefficient (Wildman–Crippen LogP) is 3.10. The van der Waals surface area contributed by atoms with Crippen LogP contribution < -0.4 is 16.0 Å². The number of nitrogens with one attached hydrogen (secondary N) is 1. The SMILES string of the molecule is Cc1cccc(N2CC(C(=O)NC3C4CCCC3CC(N)C4)CC2=O)c1C.Cl. The molecule has 28 heavy (non-hydrogen) atoms. The lowest BCUT2D eigenvalue weighted by atomic mass is 9.67. The van der Waals surface area contributed by atoms with Crippen molar-refractivity contribution in [3.05, 3.63) is 29.3 Å². The molecule has 2 saturated carbocycles. The molecule has 0 radical (unpaired) electrons. The van der Waals surface area contributed by atoms with E-state index >= 15 is 0 Å². The zero-order valence-electron chi connectivity index (χ0n) is 16.8. The van der Waals surface area contributed by atoms with E-state index in [1.807, 2.05) is 19.1 Å². The van der Waals surface area contributed by atoms with Crippen LogP contribution in [0.4, 0.5) is 5.69 Å². The van der Waals surface area contributed by atoms with Gasteiger partial charge in [-0.1, -0.05) is 18.6 Å². The first kappa shape index (κ1) is 21.1. The summed E-state index contributed by atoms with van der Waals surface area (Å²) >= 11 is 0. The first-order valence-corrected chi connectivity index (χ1v) is 10.4. The molecule has 0 aromatic heterocycles. The van der Waals surface area contributed by atoms with Crippen molar-refractivity contribution in [2.45, 2.75) is 64.5 Å². The van der Waals surface area contributed by atoms with Gasteiger partial charge in [0, 0.05) is 30.7 Å². The third-order valence-corrected chi connectivity index (χ3v) is 7.05. The van der Waals surface area contributed by atoms with E-state index in [1.165, 1.54) is 12.0 Å². The highest BCUT2D eigenvalue weighted by Crippen LogP contribution is 2.40. The molecule has 4 rings (SSSR count). The second-order valence-electron chi connectivity index (χ2n) is 8.84. The second kappa shape index (κ2) is 8.42. The van der Waals surface area contributed by atoms with Crippen molar-refractivity contribution >= 4 is 29.9 Å². The highest BCUT2D eigenvalue weighted by molar-refractivity contribution is 6.01. The maximum absolute atomic E-state index is 13.0. The van der Waals surface area contributed by atoms with Gasteiger partial charge in [0.2, 0.25) is 11.8 Å². The molecule has 1 aromatic carbocycles. The van der Waals surface area contributed by atoms with Crippen LogP contribution in [0.2, 0.25) is 0 Å². The van der Waals surface area contributed by atoms with Gasteiger partial charge in [0.1, 0.15) is 0 Å². The van der Waals surface area contributed by atoms with Crippen LogP contribution in [0.3, 0.4) is 0 Å². The number of hydrogen-bond acceptors (Lipinski definition) is 3. The zero-order chi connectivity index (χ0) is 19.1. The van der Waals surface area contributed by atoms with Gasteiger partial charge in [0.15, 0.2) is 0 Å². The number of benzene rings is 1. The molecule has 5 nitrogen and oxygen atoms in total. The van der Waals surface area contributed by atoms with E-state index in [2.05, 4.69) is 18.3 Å². The number of halogens is 1. The summed E-state index contributed by atoms with van der Waals surface area (Å²) in [7, 11) is 0. The van der Waals surface area contributed by atoms with Crippen molar-refractivity contribution in [1.29, 1.82) is 0 Å². The molecule has 3 fully saturated rings. The molecule has 2 amide bonds. The minimum atomic E-state index is -0.256. The summed E-state index contributed by atoms with van der Waals surface area (Å²) in [5.41, 5.74) is 9.42. The minimum Gasteiger partial charge on any atom is -0.353 e. The minimum absolute atomic E-state index is 0. The Morgan fingerprint density at radius 1 is 1.18 bits per heavy atom. The quantitative estimate of drug-likeness (QED) is 0.811. The van der Waals surface area contributed by atoms with Crippen LogP contribution in [0.1, 0.15) is 49.7 Å². The Hall–Kier alpha value is -1.59. The van der Waals surface area contributed by atoms with Crippen LogP contribution in [-0.4, -0.2) is 30.4 Å². The Morgan fingerprint density at radius 2 is 1.86 bits per heavy atom. The monoisotopic (exact) mass is 405 g/mol. The molecular weight excluding hydrogens is 374 g/mol. The Balaban J connectivity index is 0.00000225. The largest absolute Gasteiger partial charge is 0.353 e. The van der Waals surface area contributed by atoms with E-state index in [4.69, 9.17) is 5.73 Å². The number of aryl methyl sites for hydroxylation is 1. The number of fused-ring (bicyclic) bond motifs is 2. The first-order valence-electron chi connectivity index (χ1n) is 10.4. The normalized spacial score (nSPS) is 32.0. The summed E-state index contributed by atoms with van der Waals surface area (Å²) in [6.45, 7) is 4.57. The average molecular weight is 406 g/mol. The van der Waals surface area contributed by atoms with Crippen molar-refractivity contribution in [1.82, 2.24) is 5.32 Å². The van der Waals surface area contributed by atoms with Crippen LogP contribution >= 0.6 is 12.4 Å². The van der Waals surface area contributed by atoms with Crippen molar-refractivity contribution in [2.75, 3.05) is 11.4 Å². The third kappa shape index (κ3) is 3.92. The van der Waals surface area contributed by atoms with Gasteiger partial charge < -0.3 is 16.0 Å². The van der Waals surface area contributed by atoms with Gasteiger partial charge in [-0.05, 0) is 68.6 Å². The van der Waals surface area contributed by atoms with Crippen LogP contribution in [-0.2, 0) is 9.59 Å². The molecule has 2 bridgehead atoms. The number of carbonyl (C=O) groups is 2. The van der Waals surface area contributed by atoms with Gasteiger partial charge in [0.05, 0.1) is 5.92 Å². The fourth-order valence-electron chi connectivity index (χ4n) is 5.45. The summed E-state index contributed by atoms with van der Waals surface area (Å²) in [5, 5.41) is 3.33. The molecule has 1 heterocycles. The van der Waals surface area contributed by atoms with Crippen LogP contribution in [0.5, 0.6) is 0 Å². The molecule has 1 saturated heterocycles. The lowest BCUT2D eigenvalue weighted by Gasteiger charge is -2.45. The summed E-state index contributed by atoms with van der Waals surface area (Å²) in [6.07, 6.45) is 5.90. The van der Waals surface area contributed by atoms with Crippen LogP contribution in [0.25, 0.3) is 0 Å². The van der Waals surface area contributed by atoms with Gasteiger partial charge >= 0.3 is 0 Å². The fraction of sp³-hybridized carbons (Fsp3) is 0.636. The maximum Gasteiger partial charge on any atom is 0.227 e. The summed E-state index contributed by atoms with van der Waals surface area (Å²) in [6, 6.07) is 6.53. The molecular formula is C22H32ClN3O2.